The molecule has 1 spiro atoms. The van der Waals surface area contributed by atoms with E-state index < -0.39 is 22.7 Å². The van der Waals surface area contributed by atoms with Crippen LogP contribution in [0.25, 0.3) is 0 Å². The number of anilines is 1. The van der Waals surface area contributed by atoms with E-state index in [0.717, 1.165) is 19.3 Å². The highest BCUT2D eigenvalue weighted by Crippen LogP contribution is 2.55. The van der Waals surface area contributed by atoms with Crippen LogP contribution in [0, 0.1) is 5.41 Å². The largest absolute Gasteiger partial charge is 0.540 e. The van der Waals surface area contributed by atoms with Gasteiger partial charge in [0, 0.05) is 12.6 Å². The summed E-state index contributed by atoms with van der Waals surface area (Å²) in [6.07, 6.45) is 1.90. The van der Waals surface area contributed by atoms with Crippen molar-refractivity contribution < 1.29 is 28.3 Å². The highest BCUT2D eigenvalue weighted by Gasteiger charge is 2.54. The lowest BCUT2D eigenvalue weighted by atomic mass is 10.0. The number of benzene rings is 1. The van der Waals surface area contributed by atoms with E-state index in [1.807, 2.05) is 4.90 Å². The molecule has 1 atom stereocenters. The topological polar surface area (TPSA) is 97.3 Å². The fourth-order valence-corrected chi connectivity index (χ4v) is 12.8. The van der Waals surface area contributed by atoms with Gasteiger partial charge in [0.15, 0.2) is 14.1 Å². The predicted octanol–water partition coefficient (Wildman–Crippen LogP) is 8.36. The maximum absolute atomic E-state index is 14.2. The Bertz CT molecular complexity index is 1100. The molecule has 232 valence electrons. The normalized spacial score (nSPS) is 18.9. The third kappa shape index (κ3) is 6.80. The van der Waals surface area contributed by atoms with E-state index >= 15 is 0 Å². The zero-order valence-electron chi connectivity index (χ0n) is 27.4. The van der Waals surface area contributed by atoms with E-state index in [0.29, 0.717) is 41.3 Å². The molecular weight excluding hydrogens is 553 g/mol. The Balaban J connectivity index is 2.03. The minimum atomic E-state index is -2.38. The number of amides is 2. The number of nitrogens with one attached hydrogen (secondary N) is 1. The molecule has 1 aliphatic heterocycles. The maximum Gasteiger partial charge on any atom is 0.409 e. The van der Waals surface area contributed by atoms with Gasteiger partial charge < -0.3 is 23.6 Å². The summed E-state index contributed by atoms with van der Waals surface area (Å²) in [5.74, 6) is 0.720. The third-order valence-corrected chi connectivity index (χ3v) is 20.5. The number of carboxylic acid groups (broad SMARTS) is 1. The van der Waals surface area contributed by atoms with Gasteiger partial charge >= 0.3 is 6.09 Å². The van der Waals surface area contributed by atoms with Crippen LogP contribution < -0.4 is 14.5 Å². The van der Waals surface area contributed by atoms with Gasteiger partial charge in [0.25, 0.3) is 14.2 Å². The Morgan fingerprint density at radius 1 is 1.05 bits per heavy atom. The van der Waals surface area contributed by atoms with E-state index in [9.17, 15) is 14.7 Å². The fourth-order valence-electron chi connectivity index (χ4n) is 6.51. The van der Waals surface area contributed by atoms with Crippen LogP contribution in [0.4, 0.5) is 10.5 Å². The van der Waals surface area contributed by atoms with Crippen LogP contribution in [-0.2, 0) is 4.43 Å². The Kier molecular flexibility index (Phi) is 9.72. The molecule has 1 heterocycles. The molecule has 2 amide bonds. The second kappa shape index (κ2) is 11.9. The third-order valence-electron chi connectivity index (χ3n) is 10.0. The van der Waals surface area contributed by atoms with Crippen LogP contribution in [0.5, 0.6) is 11.5 Å². The SMILES string of the molecule is COc1cc(C(=O)N2CC3(CC3)C[C@H]2CO[Si](C)(C)C(C)(C)C)c(NC(=O)O)cc1O[Si](C(C)C)(C(C)C)C(C)C. The van der Waals surface area contributed by atoms with Crippen molar-refractivity contribution in [3.8, 4) is 11.5 Å². The van der Waals surface area contributed by atoms with Crippen LogP contribution >= 0.6 is 0 Å². The highest BCUT2D eigenvalue weighted by molar-refractivity contribution is 6.78. The summed E-state index contributed by atoms with van der Waals surface area (Å²) in [5, 5.41) is 12.3. The Hall–Kier alpha value is -2.05. The first kappa shape index (κ1) is 33.5. The molecular formula is C31H54N2O6Si2. The molecule has 10 heteroatoms. The number of hydrogen-bond donors (Lipinski definition) is 2. The first-order chi connectivity index (χ1) is 18.8. The Labute approximate surface area is 249 Å². The molecule has 0 aromatic heterocycles. The molecule has 0 bridgehead atoms. The zero-order valence-corrected chi connectivity index (χ0v) is 29.4. The van der Waals surface area contributed by atoms with Crippen molar-refractivity contribution in [3.63, 3.8) is 0 Å². The summed E-state index contributed by atoms with van der Waals surface area (Å²) in [4.78, 5) is 28.1. The van der Waals surface area contributed by atoms with Crippen molar-refractivity contribution in [2.24, 2.45) is 5.41 Å². The lowest BCUT2D eigenvalue weighted by molar-refractivity contribution is 0.0680. The van der Waals surface area contributed by atoms with Crippen molar-refractivity contribution in [3.05, 3.63) is 17.7 Å². The van der Waals surface area contributed by atoms with Crippen LogP contribution in [0.15, 0.2) is 12.1 Å². The minimum absolute atomic E-state index is 0.0541. The van der Waals surface area contributed by atoms with Gasteiger partial charge in [-0.25, -0.2) is 4.79 Å². The van der Waals surface area contributed by atoms with Gasteiger partial charge in [-0.2, -0.15) is 0 Å². The molecule has 2 fully saturated rings. The molecule has 3 rings (SSSR count). The number of rotatable bonds is 11. The van der Waals surface area contributed by atoms with Crippen molar-refractivity contribution >= 4 is 34.3 Å². The minimum Gasteiger partial charge on any atom is -0.540 e. The molecule has 8 nitrogen and oxygen atoms in total. The van der Waals surface area contributed by atoms with Gasteiger partial charge in [-0.1, -0.05) is 62.3 Å². The van der Waals surface area contributed by atoms with Gasteiger partial charge in [-0.3, -0.25) is 10.1 Å². The van der Waals surface area contributed by atoms with E-state index in [4.69, 9.17) is 13.6 Å². The predicted molar refractivity (Wildman–Crippen MR) is 171 cm³/mol. The molecule has 41 heavy (non-hydrogen) atoms. The number of ether oxygens (including phenoxy) is 1. The van der Waals surface area contributed by atoms with Crippen molar-refractivity contribution in [1.29, 1.82) is 0 Å². The number of hydrogen-bond acceptors (Lipinski definition) is 5. The number of carbonyl (C=O) groups is 2. The quantitative estimate of drug-likeness (QED) is 0.246. The maximum atomic E-state index is 14.2. The molecule has 1 saturated carbocycles. The summed E-state index contributed by atoms with van der Waals surface area (Å²) >= 11 is 0. The van der Waals surface area contributed by atoms with E-state index in [1.165, 1.54) is 0 Å². The van der Waals surface area contributed by atoms with Crippen LogP contribution in [0.2, 0.25) is 34.8 Å². The average molecular weight is 607 g/mol. The summed E-state index contributed by atoms with van der Waals surface area (Å²) < 4.78 is 19.3. The summed E-state index contributed by atoms with van der Waals surface area (Å²) in [6.45, 7) is 25.4. The smallest absolute Gasteiger partial charge is 0.409 e. The second-order valence-corrected chi connectivity index (χ2v) is 24.9. The van der Waals surface area contributed by atoms with Crippen LogP contribution in [0.3, 0.4) is 0 Å². The van der Waals surface area contributed by atoms with Gasteiger partial charge in [-0.05, 0) is 65.5 Å². The fraction of sp³-hybridized carbons (Fsp3) is 0.742. The van der Waals surface area contributed by atoms with Crippen molar-refractivity contribution in [2.75, 3.05) is 25.6 Å². The average Bonchev–Trinajstić information content (AvgIpc) is 3.49. The highest BCUT2D eigenvalue weighted by atomic mass is 28.4. The van der Waals surface area contributed by atoms with Gasteiger partial charge in [0.1, 0.15) is 5.75 Å². The van der Waals surface area contributed by atoms with Gasteiger partial charge in [-0.15, -0.1) is 0 Å². The lowest BCUT2D eigenvalue weighted by Crippen LogP contribution is -2.50. The first-order valence-electron chi connectivity index (χ1n) is 15.2. The molecule has 1 aliphatic carbocycles. The standard InChI is InChI=1S/C31H54N2O6Si2/c1-20(2)41(21(3)4,22(5)6)39-27-16-25(32-29(35)36)24(15-26(27)37-10)28(34)33-19-31(13-14-31)17-23(33)18-38-40(11,12)30(7,8)9/h15-16,20-23,32H,13-14,17-19H2,1-12H3,(H,35,36)/t23-/m0/s1. The lowest BCUT2D eigenvalue weighted by Gasteiger charge is -2.42. The molecule has 1 aromatic carbocycles. The summed E-state index contributed by atoms with van der Waals surface area (Å²) in [7, 11) is -2.82. The summed E-state index contributed by atoms with van der Waals surface area (Å²) in [6, 6.07) is 3.26. The first-order valence-corrected chi connectivity index (χ1v) is 20.2. The van der Waals surface area contributed by atoms with Crippen LogP contribution in [-0.4, -0.2) is 64.9 Å². The van der Waals surface area contributed by atoms with Crippen molar-refractivity contribution in [2.45, 2.75) is 122 Å². The number of likely N-dealkylation sites (tertiary alicyclic amines) is 1. The van der Waals surface area contributed by atoms with Gasteiger partial charge in [0.2, 0.25) is 0 Å². The van der Waals surface area contributed by atoms with E-state index in [-0.39, 0.29) is 33.7 Å². The number of carbonyl (C=O) groups excluding carboxylic acids is 1. The van der Waals surface area contributed by atoms with Crippen LogP contribution in [0.1, 0.15) is 91.9 Å². The van der Waals surface area contributed by atoms with E-state index in [2.05, 4.69) is 80.7 Å². The second-order valence-electron chi connectivity index (χ2n) is 14.8. The molecule has 0 unspecified atom stereocenters. The monoisotopic (exact) mass is 606 g/mol. The summed E-state index contributed by atoms with van der Waals surface area (Å²) in [5.41, 5.74) is 1.58. The molecule has 1 aromatic rings. The number of nitrogens with zero attached hydrogens (tertiary/aromatic N) is 1. The Morgan fingerprint density at radius 3 is 2.05 bits per heavy atom. The number of methoxy groups -OCH3 is 1. The van der Waals surface area contributed by atoms with Crippen molar-refractivity contribution in [1.82, 2.24) is 4.90 Å². The molecule has 2 aliphatic rings. The Morgan fingerprint density at radius 2 is 1.61 bits per heavy atom. The molecule has 2 N–H and O–H groups in total. The molecule has 0 radical (unpaired) electrons. The van der Waals surface area contributed by atoms with E-state index in [1.54, 1.807) is 19.2 Å². The zero-order chi connectivity index (χ0) is 31.1. The van der Waals surface area contributed by atoms with Gasteiger partial charge in [0.05, 0.1) is 31.0 Å². The molecule has 1 saturated heterocycles.